The topological polar surface area (TPSA) is 75.6 Å². The molecule has 1 amide bonds. The molecule has 22 heavy (non-hydrogen) atoms. The molecule has 0 saturated carbocycles. The lowest BCUT2D eigenvalue weighted by atomic mass is 9.94. The molecule has 1 aromatic rings. The number of carboxylic acids is 1. The minimum absolute atomic E-state index is 0.0499. The third kappa shape index (κ3) is 3.53. The summed E-state index contributed by atoms with van der Waals surface area (Å²) < 4.78 is 31.5. The zero-order chi connectivity index (χ0) is 16.3. The number of carboxylic acid groups (broad SMARTS) is 1. The molecule has 1 heterocycles. The lowest BCUT2D eigenvalue weighted by molar-refractivity contribution is -0.143. The second kappa shape index (κ2) is 7.02. The van der Waals surface area contributed by atoms with E-state index >= 15 is 0 Å². The molecule has 2 rings (SSSR count). The highest BCUT2D eigenvalue weighted by Gasteiger charge is 2.37. The predicted molar refractivity (Wildman–Crippen MR) is 73.8 cm³/mol. The van der Waals surface area contributed by atoms with E-state index in [1.165, 1.54) is 18.2 Å². The Morgan fingerprint density at radius 1 is 1.50 bits per heavy atom. The van der Waals surface area contributed by atoms with E-state index in [-0.39, 0.29) is 11.6 Å². The van der Waals surface area contributed by atoms with Gasteiger partial charge in [0.05, 0.1) is 17.0 Å². The molecule has 0 radical (unpaired) electrons. The average Bonchev–Trinajstić information content (AvgIpc) is 2.96. The molecule has 0 spiro atoms. The van der Waals surface area contributed by atoms with Crippen molar-refractivity contribution in [2.24, 2.45) is 5.92 Å². The Hall–Kier alpha value is -1.73. The molecule has 1 unspecified atom stereocenters. The Labute approximate surface area is 130 Å². The zero-order valence-corrected chi connectivity index (χ0v) is 12.1. The van der Waals surface area contributed by atoms with Gasteiger partial charge in [-0.2, -0.15) is 0 Å². The summed E-state index contributed by atoms with van der Waals surface area (Å²) in [6, 6.07) is 2.45. The molecule has 0 aliphatic carbocycles. The molecule has 1 aromatic carbocycles. The Balaban J connectivity index is 2.14. The number of carbonyl (C=O) groups excluding carboxylic acids is 1. The lowest BCUT2D eigenvalue weighted by Crippen LogP contribution is -2.45. The summed E-state index contributed by atoms with van der Waals surface area (Å²) in [5.41, 5.74) is 0.423. The quantitative estimate of drug-likeness (QED) is 0.865. The van der Waals surface area contributed by atoms with Gasteiger partial charge in [-0.25, -0.2) is 13.6 Å². The number of hydrogen-bond acceptors (Lipinski definition) is 3. The molecule has 5 nitrogen and oxygen atoms in total. The van der Waals surface area contributed by atoms with Gasteiger partial charge in [-0.1, -0.05) is 17.7 Å². The highest BCUT2D eigenvalue weighted by molar-refractivity contribution is 6.30. The second-order valence-electron chi connectivity index (χ2n) is 4.91. The van der Waals surface area contributed by atoms with Crippen molar-refractivity contribution in [2.45, 2.75) is 18.6 Å². The summed E-state index contributed by atoms with van der Waals surface area (Å²) in [6.45, 7) is -0.949. The van der Waals surface area contributed by atoms with Crippen LogP contribution in [0.3, 0.4) is 0 Å². The van der Waals surface area contributed by atoms with Crippen molar-refractivity contribution in [1.82, 2.24) is 5.32 Å². The van der Waals surface area contributed by atoms with Crippen LogP contribution in [0.4, 0.5) is 8.78 Å². The van der Waals surface area contributed by atoms with Crippen molar-refractivity contribution < 1.29 is 28.2 Å². The summed E-state index contributed by atoms with van der Waals surface area (Å²) >= 11 is 5.61. The van der Waals surface area contributed by atoms with Gasteiger partial charge in [0.25, 0.3) is 0 Å². The van der Waals surface area contributed by atoms with Gasteiger partial charge in [0.15, 0.2) is 6.04 Å². The minimum atomic E-state index is -1.60. The Morgan fingerprint density at radius 2 is 2.23 bits per heavy atom. The molecule has 2 N–H and O–H groups in total. The first-order chi connectivity index (χ1) is 10.4. The van der Waals surface area contributed by atoms with E-state index in [0.717, 1.165) is 0 Å². The summed E-state index contributed by atoms with van der Waals surface area (Å²) in [5, 5.41) is 10.8. The van der Waals surface area contributed by atoms with Crippen molar-refractivity contribution >= 4 is 23.5 Å². The second-order valence-corrected chi connectivity index (χ2v) is 5.32. The van der Waals surface area contributed by atoms with Gasteiger partial charge in [0.1, 0.15) is 12.5 Å². The third-order valence-corrected chi connectivity index (χ3v) is 3.78. The number of benzene rings is 1. The molecule has 1 aliphatic heterocycles. The normalized spacial score (nSPS) is 22.3. The predicted octanol–water partition coefficient (Wildman–Crippen LogP) is 2.10. The van der Waals surface area contributed by atoms with Gasteiger partial charge < -0.3 is 15.2 Å². The van der Waals surface area contributed by atoms with E-state index in [2.05, 4.69) is 5.32 Å². The maximum Gasteiger partial charge on any atom is 0.328 e. The van der Waals surface area contributed by atoms with Crippen LogP contribution in [0.15, 0.2) is 18.2 Å². The van der Waals surface area contributed by atoms with Crippen LogP contribution in [0, 0.1) is 11.7 Å². The van der Waals surface area contributed by atoms with E-state index in [1.54, 1.807) is 0 Å². The third-order valence-electron chi connectivity index (χ3n) is 3.47. The monoisotopic (exact) mass is 333 g/mol. The lowest BCUT2D eigenvalue weighted by Gasteiger charge is -2.20. The number of rotatable bonds is 5. The van der Waals surface area contributed by atoms with Gasteiger partial charge >= 0.3 is 5.97 Å². The van der Waals surface area contributed by atoms with Crippen LogP contribution >= 0.6 is 11.6 Å². The van der Waals surface area contributed by atoms with Gasteiger partial charge in [-0.05, 0) is 24.1 Å². The summed E-state index contributed by atoms with van der Waals surface area (Å²) in [5.74, 6) is -3.44. The number of nitrogens with one attached hydrogen (secondary N) is 1. The van der Waals surface area contributed by atoms with Crippen LogP contribution in [0.1, 0.15) is 18.1 Å². The summed E-state index contributed by atoms with van der Waals surface area (Å²) in [6.07, 6.45) is -0.389. The molecule has 1 fully saturated rings. The number of hydrogen-bond donors (Lipinski definition) is 2. The molecule has 3 atom stereocenters. The largest absolute Gasteiger partial charge is 0.480 e. The first kappa shape index (κ1) is 16.6. The highest BCUT2D eigenvalue weighted by atomic mass is 35.5. The first-order valence-electron chi connectivity index (χ1n) is 6.59. The number of halogens is 3. The first-order valence-corrected chi connectivity index (χ1v) is 6.97. The average molecular weight is 334 g/mol. The molecule has 1 aliphatic rings. The molecular formula is C14H14ClF2NO4. The van der Waals surface area contributed by atoms with Gasteiger partial charge in [-0.15, -0.1) is 0 Å². The number of carbonyl (C=O) groups is 2. The maximum absolute atomic E-state index is 13.5. The van der Waals surface area contributed by atoms with E-state index < -0.39 is 42.4 Å². The van der Waals surface area contributed by atoms with Crippen molar-refractivity contribution in [1.29, 1.82) is 0 Å². The zero-order valence-electron chi connectivity index (χ0n) is 11.4. The van der Waals surface area contributed by atoms with Crippen LogP contribution in [0.25, 0.3) is 0 Å². The Bertz CT molecular complexity index is 584. The molecule has 0 aromatic heterocycles. The van der Waals surface area contributed by atoms with Crippen LogP contribution in [0.2, 0.25) is 5.02 Å². The van der Waals surface area contributed by atoms with Crippen molar-refractivity contribution in [3.05, 3.63) is 34.6 Å². The minimum Gasteiger partial charge on any atom is -0.480 e. The van der Waals surface area contributed by atoms with Crippen LogP contribution in [0.5, 0.6) is 0 Å². The maximum atomic E-state index is 13.5. The van der Waals surface area contributed by atoms with Crippen LogP contribution in [-0.2, 0) is 14.3 Å². The summed E-state index contributed by atoms with van der Waals surface area (Å²) in [7, 11) is 0. The fraction of sp³-hybridized carbons (Fsp3) is 0.429. The van der Waals surface area contributed by atoms with E-state index in [4.69, 9.17) is 21.4 Å². The summed E-state index contributed by atoms with van der Waals surface area (Å²) in [4.78, 5) is 22.9. The Morgan fingerprint density at radius 3 is 2.82 bits per heavy atom. The number of amides is 1. The molecule has 120 valence electrons. The van der Waals surface area contributed by atoms with Crippen LogP contribution < -0.4 is 5.32 Å². The van der Waals surface area contributed by atoms with Crippen molar-refractivity contribution in [3.8, 4) is 0 Å². The van der Waals surface area contributed by atoms with E-state index in [9.17, 15) is 18.4 Å². The molecule has 0 bridgehead atoms. The molecule has 8 heteroatoms. The fourth-order valence-electron chi connectivity index (χ4n) is 2.32. The van der Waals surface area contributed by atoms with Crippen molar-refractivity contribution in [3.63, 3.8) is 0 Å². The smallest absolute Gasteiger partial charge is 0.328 e. The Kier molecular flexibility index (Phi) is 5.31. The number of aliphatic carboxylic acids is 1. The van der Waals surface area contributed by atoms with Gasteiger partial charge in [-0.3, -0.25) is 4.79 Å². The molecule has 1 saturated heterocycles. The van der Waals surface area contributed by atoms with Gasteiger partial charge in [0, 0.05) is 6.61 Å². The SMILES string of the molecule is O=C(O)C(CF)NC(=O)[C@@H]1CCO[C@H]1c1ccc(Cl)c(F)c1. The standard InChI is InChI=1S/C14H14ClF2NO4/c15-9-2-1-7(5-10(9)17)12-8(3-4-22-12)13(19)18-11(6-16)14(20)21/h1-2,5,8,11-12H,3-4,6H2,(H,18,19)(H,20,21)/t8-,11?,12+/m1/s1. The fourth-order valence-corrected chi connectivity index (χ4v) is 2.44. The number of alkyl halides is 1. The van der Waals surface area contributed by atoms with Gasteiger partial charge in [0.2, 0.25) is 5.91 Å². The van der Waals surface area contributed by atoms with E-state index in [1.807, 2.05) is 0 Å². The molecular weight excluding hydrogens is 320 g/mol. The van der Waals surface area contributed by atoms with E-state index in [0.29, 0.717) is 12.0 Å². The number of ether oxygens (including phenoxy) is 1. The highest BCUT2D eigenvalue weighted by Crippen LogP contribution is 2.35. The van der Waals surface area contributed by atoms with Crippen LogP contribution in [-0.4, -0.2) is 36.3 Å². The van der Waals surface area contributed by atoms with Crippen molar-refractivity contribution in [2.75, 3.05) is 13.3 Å².